The van der Waals surface area contributed by atoms with Crippen LogP contribution in [0.25, 0.3) is 0 Å². The summed E-state index contributed by atoms with van der Waals surface area (Å²) < 4.78 is 86.7. The largest absolute Gasteiger partial charge is 0.485 e. The minimum Gasteiger partial charge on any atom is -0.485 e. The molecule has 0 amide bonds. The standard InChI is InChI=1S/C26H33F3N6O5S/c1-25(30)14-20(33-24-21(25)17(15-31-24)26(27,28)29)32-18-2-3-19(23-22(18)39-12-13-40-23)41(36,37)35-6-4-16(5-7-35)34-8-10-38-11-9-34/h2-3,14,16,32H,4-13,15,30H2,1H3,(H,31,33). The van der Waals surface area contributed by atoms with Crippen molar-refractivity contribution in [2.75, 3.05) is 64.5 Å². The molecule has 5 aliphatic rings. The highest BCUT2D eigenvalue weighted by atomic mass is 32.2. The molecule has 11 nitrogen and oxygen atoms in total. The van der Waals surface area contributed by atoms with E-state index in [2.05, 4.69) is 20.5 Å². The van der Waals surface area contributed by atoms with E-state index in [1.54, 1.807) is 6.07 Å². The zero-order valence-corrected chi connectivity index (χ0v) is 23.4. The van der Waals surface area contributed by atoms with E-state index in [4.69, 9.17) is 19.9 Å². The van der Waals surface area contributed by atoms with Crippen LogP contribution in [0.4, 0.5) is 18.9 Å². The quantitative estimate of drug-likeness (QED) is 0.465. The molecule has 5 heterocycles. The molecule has 41 heavy (non-hydrogen) atoms. The lowest BCUT2D eigenvalue weighted by atomic mass is 9.87. The first-order valence-corrected chi connectivity index (χ1v) is 15.1. The molecule has 224 valence electrons. The predicted octanol–water partition coefficient (Wildman–Crippen LogP) is 1.79. The van der Waals surface area contributed by atoms with Crippen molar-refractivity contribution >= 4 is 21.5 Å². The van der Waals surface area contributed by atoms with Crippen molar-refractivity contribution in [1.82, 2.24) is 14.5 Å². The number of amidine groups is 1. The molecule has 2 saturated heterocycles. The zero-order valence-electron chi connectivity index (χ0n) is 22.6. The highest BCUT2D eigenvalue weighted by Crippen LogP contribution is 2.45. The van der Waals surface area contributed by atoms with Crippen LogP contribution in [0.5, 0.6) is 11.5 Å². The number of sulfonamides is 1. The Morgan fingerprint density at radius 2 is 1.76 bits per heavy atom. The Hall–Kier alpha value is -2.85. The highest BCUT2D eigenvalue weighted by molar-refractivity contribution is 7.89. The first-order chi connectivity index (χ1) is 19.4. The number of benzene rings is 1. The number of fused-ring (bicyclic) bond motifs is 2. The van der Waals surface area contributed by atoms with Crippen molar-refractivity contribution in [1.29, 1.82) is 0 Å². The molecule has 0 aromatic heterocycles. The lowest BCUT2D eigenvalue weighted by Gasteiger charge is -2.39. The van der Waals surface area contributed by atoms with Gasteiger partial charge in [-0.05, 0) is 38.0 Å². The van der Waals surface area contributed by atoms with E-state index in [1.165, 1.54) is 23.4 Å². The van der Waals surface area contributed by atoms with Crippen LogP contribution in [0.3, 0.4) is 0 Å². The third kappa shape index (κ3) is 5.29. The number of hydrogen-bond acceptors (Lipinski definition) is 10. The molecule has 4 N–H and O–H groups in total. The number of hydrogen-bond donors (Lipinski definition) is 3. The molecule has 0 saturated carbocycles. The molecule has 1 unspecified atom stereocenters. The number of aliphatic imine (C=N–C) groups is 1. The Kier molecular flexibility index (Phi) is 7.21. The van der Waals surface area contributed by atoms with Crippen molar-refractivity contribution < 1.29 is 35.8 Å². The van der Waals surface area contributed by atoms with Crippen molar-refractivity contribution in [3.63, 3.8) is 0 Å². The molecular formula is C26H33F3N6O5S. The van der Waals surface area contributed by atoms with Gasteiger partial charge in [0.2, 0.25) is 10.0 Å². The van der Waals surface area contributed by atoms with Gasteiger partial charge in [-0.3, -0.25) is 4.90 Å². The van der Waals surface area contributed by atoms with E-state index in [9.17, 15) is 21.6 Å². The molecule has 15 heteroatoms. The van der Waals surface area contributed by atoms with Crippen molar-refractivity contribution in [2.45, 2.75) is 42.4 Å². The summed E-state index contributed by atoms with van der Waals surface area (Å²) >= 11 is 0. The van der Waals surface area contributed by atoms with Crippen LogP contribution in [0.15, 0.2) is 45.1 Å². The summed E-state index contributed by atoms with van der Waals surface area (Å²) in [6, 6.07) is 3.32. The number of anilines is 1. The van der Waals surface area contributed by atoms with Gasteiger partial charge in [-0.15, -0.1) is 0 Å². The maximum absolute atomic E-state index is 13.7. The number of halogens is 3. The molecular weight excluding hydrogens is 565 g/mol. The predicted molar refractivity (Wildman–Crippen MR) is 144 cm³/mol. The van der Waals surface area contributed by atoms with Crippen molar-refractivity contribution in [3.8, 4) is 11.5 Å². The number of rotatable bonds is 5. The molecule has 1 aromatic rings. The molecule has 5 aliphatic heterocycles. The summed E-state index contributed by atoms with van der Waals surface area (Å²) in [6.07, 6.45) is -1.68. The van der Waals surface area contributed by atoms with Crippen molar-refractivity contribution in [3.05, 3.63) is 35.2 Å². The van der Waals surface area contributed by atoms with Crippen LogP contribution in [-0.2, 0) is 14.8 Å². The first-order valence-electron chi connectivity index (χ1n) is 13.6. The third-order valence-corrected chi connectivity index (χ3v) is 9.96. The third-order valence-electron chi connectivity index (χ3n) is 8.04. The maximum Gasteiger partial charge on any atom is 0.414 e. The number of nitrogens with one attached hydrogen (secondary N) is 2. The normalized spacial score (nSPS) is 26.3. The fourth-order valence-electron chi connectivity index (χ4n) is 6.06. The van der Waals surface area contributed by atoms with E-state index in [1.807, 2.05) is 0 Å². The zero-order chi connectivity index (χ0) is 29.0. The Morgan fingerprint density at radius 3 is 2.44 bits per heavy atom. The van der Waals surface area contributed by atoms with E-state index in [0.29, 0.717) is 38.0 Å². The fraction of sp³-hybridized carbons (Fsp3) is 0.577. The Balaban J connectivity index is 1.24. The van der Waals surface area contributed by atoms with Crippen LogP contribution < -0.4 is 25.8 Å². The first kappa shape index (κ1) is 28.3. The van der Waals surface area contributed by atoms with Gasteiger partial charge in [0.1, 0.15) is 29.8 Å². The second-order valence-electron chi connectivity index (χ2n) is 10.9. The van der Waals surface area contributed by atoms with Gasteiger partial charge in [-0.1, -0.05) is 0 Å². The van der Waals surface area contributed by atoms with Gasteiger partial charge in [0.15, 0.2) is 11.5 Å². The number of piperidine rings is 1. The summed E-state index contributed by atoms with van der Waals surface area (Å²) in [6.45, 7) is 5.30. The van der Waals surface area contributed by atoms with Gasteiger partial charge < -0.3 is 30.6 Å². The van der Waals surface area contributed by atoms with Gasteiger partial charge in [-0.2, -0.15) is 17.5 Å². The van der Waals surface area contributed by atoms with E-state index in [-0.39, 0.29) is 46.8 Å². The van der Waals surface area contributed by atoms with Crippen LogP contribution >= 0.6 is 0 Å². The summed E-state index contributed by atoms with van der Waals surface area (Å²) in [5.41, 5.74) is 4.35. The number of nitrogens with zero attached hydrogens (tertiary/aromatic N) is 3. The molecule has 0 bridgehead atoms. The molecule has 1 aromatic carbocycles. The van der Waals surface area contributed by atoms with Crippen LogP contribution in [0, 0.1) is 0 Å². The second kappa shape index (κ2) is 10.5. The maximum atomic E-state index is 13.7. The summed E-state index contributed by atoms with van der Waals surface area (Å²) in [5, 5.41) is 5.74. The minimum absolute atomic E-state index is 0.00710. The monoisotopic (exact) mass is 598 g/mol. The molecule has 2 fully saturated rings. The van der Waals surface area contributed by atoms with Gasteiger partial charge >= 0.3 is 6.18 Å². The lowest BCUT2D eigenvalue weighted by molar-refractivity contribution is -0.0928. The Morgan fingerprint density at radius 1 is 1.07 bits per heavy atom. The number of nitrogens with two attached hydrogens (primary N) is 1. The highest BCUT2D eigenvalue weighted by Gasteiger charge is 2.46. The summed E-state index contributed by atoms with van der Waals surface area (Å²) in [7, 11) is -3.89. The topological polar surface area (TPSA) is 131 Å². The summed E-state index contributed by atoms with van der Waals surface area (Å²) in [4.78, 5) is 6.69. The average Bonchev–Trinajstić information content (AvgIpc) is 3.40. The fourth-order valence-corrected chi connectivity index (χ4v) is 7.66. The van der Waals surface area contributed by atoms with Gasteiger partial charge in [0.25, 0.3) is 0 Å². The number of ether oxygens (including phenoxy) is 3. The Labute approximate surface area is 236 Å². The summed E-state index contributed by atoms with van der Waals surface area (Å²) in [5.74, 6) is 0.520. The van der Waals surface area contributed by atoms with Gasteiger partial charge in [0, 0.05) is 44.3 Å². The number of alkyl halides is 3. The minimum atomic E-state index is -4.54. The average molecular weight is 599 g/mol. The molecule has 6 rings (SSSR count). The van der Waals surface area contributed by atoms with Crippen LogP contribution in [0.1, 0.15) is 19.8 Å². The van der Waals surface area contributed by atoms with Crippen molar-refractivity contribution in [2.24, 2.45) is 10.7 Å². The molecule has 1 atom stereocenters. The van der Waals surface area contributed by atoms with Crippen LogP contribution in [0.2, 0.25) is 0 Å². The molecule has 0 spiro atoms. The van der Waals surface area contributed by atoms with Crippen LogP contribution in [-0.4, -0.2) is 100 Å². The van der Waals surface area contributed by atoms with E-state index >= 15 is 0 Å². The van der Waals surface area contributed by atoms with Gasteiger partial charge in [0.05, 0.1) is 30.0 Å². The number of morpholine rings is 1. The lowest BCUT2D eigenvalue weighted by Crippen LogP contribution is -2.50. The Bertz CT molecular complexity index is 1410. The molecule has 0 aliphatic carbocycles. The van der Waals surface area contributed by atoms with E-state index in [0.717, 1.165) is 25.9 Å². The van der Waals surface area contributed by atoms with Gasteiger partial charge in [-0.25, -0.2) is 13.4 Å². The molecule has 0 radical (unpaired) electrons. The second-order valence-corrected chi connectivity index (χ2v) is 12.8. The SMILES string of the molecule is CC1(N)C=C(Nc2ccc(S(=O)(=O)N3CCC(N4CCOCC4)CC3)c3c2OCCO3)N=C2NCC(C(F)(F)F)=C21. The van der Waals surface area contributed by atoms with E-state index < -0.39 is 33.9 Å². The smallest absolute Gasteiger partial charge is 0.414 e.